The van der Waals surface area contributed by atoms with E-state index in [1.807, 2.05) is 0 Å². The van der Waals surface area contributed by atoms with Gasteiger partial charge in [0.1, 0.15) is 5.69 Å². The Morgan fingerprint density at radius 2 is 1.43 bits per heavy atom. The quantitative estimate of drug-likeness (QED) is 0.660. The lowest BCUT2D eigenvalue weighted by molar-refractivity contribution is -0.118. The average Bonchev–Trinajstić information content (AvgIpc) is 2.51. The smallest absolute Gasteiger partial charge is 0.253 e. The number of aromatic nitrogens is 1. The van der Waals surface area contributed by atoms with Crippen LogP contribution >= 0.6 is 0 Å². The van der Waals surface area contributed by atoms with E-state index in [4.69, 9.17) is 0 Å². The monoisotopic (exact) mass is 327 g/mol. The topological polar surface area (TPSA) is 54.0 Å². The van der Waals surface area contributed by atoms with E-state index in [1.54, 1.807) is 13.8 Å². The molecule has 0 saturated carbocycles. The van der Waals surface area contributed by atoms with Gasteiger partial charge in [-0.25, -0.2) is 0 Å². The lowest BCUT2D eigenvalue weighted by Crippen LogP contribution is -2.17. The number of pyridine rings is 1. The van der Waals surface area contributed by atoms with Crippen molar-refractivity contribution in [1.29, 1.82) is 0 Å². The molecule has 0 aliphatic heterocycles. The molecule has 1 amide bonds. The van der Waals surface area contributed by atoms with Gasteiger partial charge in [0.25, 0.3) is 11.9 Å². The maximum atomic E-state index is 13.5. The van der Waals surface area contributed by atoms with Crippen LogP contribution in [-0.4, -0.2) is 10.9 Å². The summed E-state index contributed by atoms with van der Waals surface area (Å²) in [5.74, 6) is -7.14. The van der Waals surface area contributed by atoms with Crippen molar-refractivity contribution < 1.29 is 22.4 Å². The zero-order valence-electron chi connectivity index (χ0n) is 12.3. The second-order valence-corrected chi connectivity index (χ2v) is 5.04. The number of rotatable bonds is 4. The number of benzene rings is 1. The number of anilines is 3. The third kappa shape index (κ3) is 3.77. The van der Waals surface area contributed by atoms with Gasteiger partial charge in [-0.3, -0.25) is 4.79 Å². The zero-order valence-corrected chi connectivity index (χ0v) is 12.3. The van der Waals surface area contributed by atoms with Crippen LogP contribution in [0.1, 0.15) is 13.8 Å². The average molecular weight is 327 g/mol. The fourth-order valence-corrected chi connectivity index (χ4v) is 1.66. The Morgan fingerprint density at radius 3 is 1.91 bits per heavy atom. The minimum Gasteiger partial charge on any atom is -0.350 e. The highest BCUT2D eigenvalue weighted by Crippen LogP contribution is 2.26. The van der Waals surface area contributed by atoms with Gasteiger partial charge in [-0.1, -0.05) is 13.8 Å². The summed E-state index contributed by atoms with van der Waals surface area (Å²) < 4.78 is 53.1. The lowest BCUT2D eigenvalue weighted by Gasteiger charge is -2.11. The van der Waals surface area contributed by atoms with Crippen LogP contribution in [0.3, 0.4) is 0 Å². The Labute approximate surface area is 129 Å². The van der Waals surface area contributed by atoms with Crippen molar-refractivity contribution >= 4 is 23.0 Å². The molecule has 2 rings (SSSR count). The molecular formula is C15H13F4N3O. The molecular weight excluding hydrogens is 314 g/mol. The molecule has 23 heavy (non-hydrogen) atoms. The van der Waals surface area contributed by atoms with Gasteiger partial charge < -0.3 is 10.6 Å². The summed E-state index contributed by atoms with van der Waals surface area (Å²) in [5.41, 5.74) is -0.327. The van der Waals surface area contributed by atoms with E-state index in [0.29, 0.717) is 5.69 Å². The highest BCUT2D eigenvalue weighted by molar-refractivity contribution is 5.92. The van der Waals surface area contributed by atoms with Gasteiger partial charge in [0.15, 0.2) is 0 Å². The number of amides is 1. The van der Waals surface area contributed by atoms with Gasteiger partial charge in [-0.05, 0) is 24.3 Å². The summed E-state index contributed by atoms with van der Waals surface area (Å²) in [6, 6.07) is 5.74. The first-order valence-electron chi connectivity index (χ1n) is 6.67. The minimum atomic E-state index is -1.74. The predicted molar refractivity (Wildman–Crippen MR) is 77.3 cm³/mol. The summed E-state index contributed by atoms with van der Waals surface area (Å²) >= 11 is 0. The lowest BCUT2D eigenvalue weighted by atomic mass is 10.2. The van der Waals surface area contributed by atoms with Crippen LogP contribution in [0.25, 0.3) is 0 Å². The first-order chi connectivity index (χ1) is 10.8. The van der Waals surface area contributed by atoms with Crippen molar-refractivity contribution in [2.45, 2.75) is 13.8 Å². The number of nitrogens with zero attached hydrogens (tertiary/aromatic N) is 1. The van der Waals surface area contributed by atoms with Crippen LogP contribution in [0.15, 0.2) is 24.3 Å². The Kier molecular flexibility index (Phi) is 4.83. The maximum Gasteiger partial charge on any atom is 0.253 e. The van der Waals surface area contributed by atoms with E-state index in [2.05, 4.69) is 15.6 Å². The molecule has 0 saturated heterocycles. The fourth-order valence-electron chi connectivity index (χ4n) is 1.66. The van der Waals surface area contributed by atoms with Crippen LogP contribution in [0.2, 0.25) is 0 Å². The van der Waals surface area contributed by atoms with E-state index in [1.165, 1.54) is 24.3 Å². The van der Waals surface area contributed by atoms with E-state index in [0.717, 1.165) is 0 Å². The third-order valence-electron chi connectivity index (χ3n) is 2.94. The minimum absolute atomic E-state index is 0.176. The molecule has 4 nitrogen and oxygen atoms in total. The normalized spacial score (nSPS) is 10.7. The van der Waals surface area contributed by atoms with Crippen molar-refractivity contribution in [2.75, 3.05) is 10.6 Å². The summed E-state index contributed by atoms with van der Waals surface area (Å²) in [7, 11) is 0. The number of halogens is 4. The largest absolute Gasteiger partial charge is 0.350 e. The first kappa shape index (κ1) is 16.7. The number of hydrogen-bond acceptors (Lipinski definition) is 3. The number of nitrogens with one attached hydrogen (secondary N) is 2. The Hall–Kier alpha value is -2.64. The van der Waals surface area contributed by atoms with Crippen LogP contribution < -0.4 is 10.6 Å². The van der Waals surface area contributed by atoms with Crippen LogP contribution in [0, 0.1) is 29.4 Å². The number of hydrogen-bond donors (Lipinski definition) is 2. The first-order valence-corrected chi connectivity index (χ1v) is 6.67. The van der Waals surface area contributed by atoms with E-state index in [9.17, 15) is 22.4 Å². The Bertz CT molecular complexity index is 706. The molecule has 0 aliphatic rings. The Morgan fingerprint density at radius 1 is 0.957 bits per heavy atom. The summed E-state index contributed by atoms with van der Waals surface area (Å²) in [4.78, 5) is 14.0. The fraction of sp³-hybridized carbons (Fsp3) is 0.200. The van der Waals surface area contributed by atoms with Crippen molar-refractivity contribution in [1.82, 2.24) is 4.98 Å². The molecule has 1 aromatic carbocycles. The highest BCUT2D eigenvalue weighted by Gasteiger charge is 2.20. The molecule has 0 aliphatic carbocycles. The van der Waals surface area contributed by atoms with Crippen LogP contribution in [-0.2, 0) is 4.79 Å². The molecule has 0 spiro atoms. The van der Waals surface area contributed by atoms with Gasteiger partial charge >= 0.3 is 0 Å². The van der Waals surface area contributed by atoms with Gasteiger partial charge in [0.2, 0.25) is 17.5 Å². The molecule has 122 valence electrons. The van der Waals surface area contributed by atoms with Gasteiger partial charge in [-0.15, -0.1) is 0 Å². The standard InChI is InChI=1S/C15H13F4N3O/c1-7(2)15(23)21-9-5-3-8(4-6-9)20-12-10(16)13(18)22-14(19)11(12)17/h3-7H,1-2H3,(H,20,22)(H,21,23). The van der Waals surface area contributed by atoms with E-state index < -0.39 is 29.2 Å². The number of carbonyl (C=O) groups excluding carboxylic acids is 1. The van der Waals surface area contributed by atoms with Crippen molar-refractivity contribution in [3.8, 4) is 0 Å². The summed E-state index contributed by atoms with van der Waals surface area (Å²) in [5, 5.41) is 4.87. The molecule has 0 fully saturated rings. The summed E-state index contributed by atoms with van der Waals surface area (Å²) in [6.45, 7) is 3.45. The number of carbonyl (C=O) groups is 1. The molecule has 1 heterocycles. The molecule has 2 aromatic rings. The molecule has 0 unspecified atom stereocenters. The summed E-state index contributed by atoms with van der Waals surface area (Å²) in [6.07, 6.45) is 0. The van der Waals surface area contributed by atoms with Crippen molar-refractivity contribution in [3.05, 3.63) is 47.8 Å². The SMILES string of the molecule is CC(C)C(=O)Nc1ccc(Nc2c(F)c(F)nc(F)c2F)cc1. The van der Waals surface area contributed by atoms with Gasteiger partial charge in [0.05, 0.1) is 0 Å². The van der Waals surface area contributed by atoms with Gasteiger partial charge in [-0.2, -0.15) is 22.5 Å². The molecule has 2 N–H and O–H groups in total. The molecule has 0 radical (unpaired) electrons. The van der Waals surface area contributed by atoms with Crippen molar-refractivity contribution in [3.63, 3.8) is 0 Å². The van der Waals surface area contributed by atoms with Crippen LogP contribution in [0.4, 0.5) is 34.6 Å². The van der Waals surface area contributed by atoms with Crippen LogP contribution in [0.5, 0.6) is 0 Å². The predicted octanol–water partition coefficient (Wildman–Crippen LogP) is 3.98. The Balaban J connectivity index is 2.21. The van der Waals surface area contributed by atoms with E-state index >= 15 is 0 Å². The van der Waals surface area contributed by atoms with Gasteiger partial charge in [0, 0.05) is 17.3 Å². The molecule has 0 bridgehead atoms. The highest BCUT2D eigenvalue weighted by atomic mass is 19.2. The second-order valence-electron chi connectivity index (χ2n) is 5.04. The molecule has 8 heteroatoms. The third-order valence-corrected chi connectivity index (χ3v) is 2.94. The van der Waals surface area contributed by atoms with Crippen molar-refractivity contribution in [2.24, 2.45) is 5.92 Å². The molecule has 1 aromatic heterocycles. The van der Waals surface area contributed by atoms with E-state index in [-0.39, 0.29) is 17.5 Å². The maximum absolute atomic E-state index is 13.5. The second kappa shape index (κ2) is 6.64. The zero-order chi connectivity index (χ0) is 17.1. The molecule has 0 atom stereocenters.